The number of imidazole rings is 1. The third-order valence-corrected chi connectivity index (χ3v) is 4.58. The second kappa shape index (κ2) is 5.76. The van der Waals surface area contributed by atoms with E-state index < -0.39 is 0 Å². The van der Waals surface area contributed by atoms with Gasteiger partial charge in [0.15, 0.2) is 0 Å². The second-order valence-corrected chi connectivity index (χ2v) is 7.05. The maximum atomic E-state index is 12.5. The van der Waals surface area contributed by atoms with Crippen molar-refractivity contribution in [2.24, 2.45) is 5.41 Å². The van der Waals surface area contributed by atoms with Gasteiger partial charge in [-0.05, 0) is 42.5 Å². The third kappa shape index (κ3) is 3.17. The van der Waals surface area contributed by atoms with Crippen LogP contribution in [-0.2, 0) is 0 Å². The highest BCUT2D eigenvalue weighted by molar-refractivity contribution is 6.30. The number of nitrogens with zero attached hydrogens (tertiary/aromatic N) is 2. The molecule has 0 unspecified atom stereocenters. The van der Waals surface area contributed by atoms with Crippen LogP contribution >= 0.6 is 11.6 Å². The highest BCUT2D eigenvalue weighted by Crippen LogP contribution is 2.30. The maximum absolute atomic E-state index is 12.5. The molecule has 1 amide bonds. The Bertz CT molecular complexity index is 665. The zero-order valence-corrected chi connectivity index (χ0v) is 13.7. The summed E-state index contributed by atoms with van der Waals surface area (Å²) in [7, 11) is 0. The van der Waals surface area contributed by atoms with Crippen molar-refractivity contribution in [3.05, 3.63) is 41.2 Å². The number of rotatable bonds is 2. The minimum Gasteiger partial charge on any atom is -0.337 e. The van der Waals surface area contributed by atoms with Crippen LogP contribution in [0, 0.1) is 5.41 Å². The molecule has 0 spiro atoms. The van der Waals surface area contributed by atoms with Crippen LogP contribution in [0.1, 0.15) is 37.2 Å². The molecule has 5 heteroatoms. The summed E-state index contributed by atoms with van der Waals surface area (Å²) in [5.41, 5.74) is 1.80. The summed E-state index contributed by atoms with van der Waals surface area (Å²) in [5, 5.41) is 0.683. The Kier molecular flexibility index (Phi) is 3.96. The number of hydrogen-bond donors (Lipinski definition) is 1. The van der Waals surface area contributed by atoms with Gasteiger partial charge in [0.25, 0.3) is 5.91 Å². The fourth-order valence-electron chi connectivity index (χ4n) is 2.67. The lowest BCUT2D eigenvalue weighted by Gasteiger charge is -2.36. The zero-order chi connectivity index (χ0) is 15.7. The van der Waals surface area contributed by atoms with Gasteiger partial charge in [-0.15, -0.1) is 0 Å². The standard InChI is InChI=1S/C17H20ClN3O/c1-17(2)7-9-21(10-8-17)16(22)14-11-19-15(20-14)12-3-5-13(18)6-4-12/h3-6,11H,7-10H2,1-2H3,(H,19,20). The van der Waals surface area contributed by atoms with Crippen LogP contribution in [0.25, 0.3) is 11.4 Å². The van der Waals surface area contributed by atoms with Crippen molar-refractivity contribution in [3.63, 3.8) is 0 Å². The number of piperidine rings is 1. The molecule has 4 nitrogen and oxygen atoms in total. The fourth-order valence-corrected chi connectivity index (χ4v) is 2.80. The smallest absolute Gasteiger partial charge is 0.271 e. The Balaban J connectivity index is 1.73. The van der Waals surface area contributed by atoms with Gasteiger partial charge in [-0.3, -0.25) is 4.79 Å². The Morgan fingerprint density at radius 3 is 2.50 bits per heavy atom. The lowest BCUT2D eigenvalue weighted by atomic mass is 9.82. The van der Waals surface area contributed by atoms with Crippen LogP contribution in [0.4, 0.5) is 0 Å². The molecule has 1 aromatic heterocycles. The predicted octanol–water partition coefficient (Wildman–Crippen LogP) is 3.99. The Morgan fingerprint density at radius 2 is 1.86 bits per heavy atom. The lowest BCUT2D eigenvalue weighted by molar-refractivity contribution is 0.0625. The van der Waals surface area contributed by atoms with Crippen molar-refractivity contribution in [2.75, 3.05) is 13.1 Å². The van der Waals surface area contributed by atoms with Crippen molar-refractivity contribution in [1.29, 1.82) is 0 Å². The molecule has 0 aliphatic carbocycles. The Labute approximate surface area is 135 Å². The third-order valence-electron chi connectivity index (χ3n) is 4.33. The van der Waals surface area contributed by atoms with Gasteiger partial charge in [-0.2, -0.15) is 0 Å². The van der Waals surface area contributed by atoms with E-state index >= 15 is 0 Å². The lowest BCUT2D eigenvalue weighted by Crippen LogP contribution is -2.41. The number of carbonyl (C=O) groups is 1. The summed E-state index contributed by atoms with van der Waals surface area (Å²) in [6.45, 7) is 6.12. The number of halogens is 1. The molecule has 2 heterocycles. The Morgan fingerprint density at radius 1 is 1.23 bits per heavy atom. The first-order chi connectivity index (χ1) is 10.4. The maximum Gasteiger partial charge on any atom is 0.271 e. The number of aromatic amines is 1. The minimum atomic E-state index is 0.0308. The number of H-pyrrole nitrogens is 1. The van der Waals surface area contributed by atoms with E-state index in [1.54, 1.807) is 6.20 Å². The van der Waals surface area contributed by atoms with E-state index in [4.69, 9.17) is 11.6 Å². The number of amides is 1. The number of carbonyl (C=O) groups excluding carboxylic acids is 1. The monoisotopic (exact) mass is 317 g/mol. The zero-order valence-electron chi connectivity index (χ0n) is 12.9. The molecule has 2 aromatic rings. The van der Waals surface area contributed by atoms with Crippen molar-refractivity contribution < 1.29 is 4.79 Å². The molecule has 1 fully saturated rings. The molecule has 0 atom stereocenters. The van der Waals surface area contributed by atoms with Gasteiger partial charge in [0.1, 0.15) is 11.5 Å². The van der Waals surface area contributed by atoms with Crippen LogP contribution in [-0.4, -0.2) is 33.9 Å². The van der Waals surface area contributed by atoms with Crippen LogP contribution < -0.4 is 0 Å². The van der Waals surface area contributed by atoms with E-state index in [2.05, 4.69) is 23.8 Å². The molecule has 1 N–H and O–H groups in total. The summed E-state index contributed by atoms with van der Waals surface area (Å²) >= 11 is 5.89. The molecule has 22 heavy (non-hydrogen) atoms. The van der Waals surface area contributed by atoms with E-state index in [0.717, 1.165) is 31.5 Å². The van der Waals surface area contributed by atoms with E-state index in [-0.39, 0.29) is 5.91 Å². The van der Waals surface area contributed by atoms with Gasteiger partial charge in [0, 0.05) is 23.7 Å². The molecule has 1 saturated heterocycles. The fraction of sp³-hybridized carbons (Fsp3) is 0.412. The van der Waals surface area contributed by atoms with Gasteiger partial charge in [0.2, 0.25) is 0 Å². The largest absolute Gasteiger partial charge is 0.337 e. The van der Waals surface area contributed by atoms with Gasteiger partial charge >= 0.3 is 0 Å². The summed E-state index contributed by atoms with van der Waals surface area (Å²) in [6.07, 6.45) is 3.69. The van der Waals surface area contributed by atoms with Crippen molar-refractivity contribution in [2.45, 2.75) is 26.7 Å². The second-order valence-electron chi connectivity index (χ2n) is 6.61. The summed E-state index contributed by atoms with van der Waals surface area (Å²) in [6, 6.07) is 7.40. The highest BCUT2D eigenvalue weighted by atomic mass is 35.5. The predicted molar refractivity (Wildman–Crippen MR) is 88.0 cm³/mol. The molecule has 116 valence electrons. The van der Waals surface area contributed by atoms with Crippen LogP contribution in [0.2, 0.25) is 5.02 Å². The summed E-state index contributed by atoms with van der Waals surface area (Å²) in [5.74, 6) is 0.723. The number of benzene rings is 1. The van der Waals surface area contributed by atoms with E-state index in [1.807, 2.05) is 29.2 Å². The SMILES string of the molecule is CC1(C)CCN(C(=O)c2cnc(-c3ccc(Cl)cc3)[nH]2)CC1. The molecule has 1 aliphatic heterocycles. The number of likely N-dealkylation sites (tertiary alicyclic amines) is 1. The molecule has 3 rings (SSSR count). The van der Waals surface area contributed by atoms with E-state index in [1.165, 1.54) is 0 Å². The summed E-state index contributed by atoms with van der Waals surface area (Å²) in [4.78, 5) is 21.9. The molecule has 0 bridgehead atoms. The average Bonchev–Trinajstić information content (AvgIpc) is 2.97. The van der Waals surface area contributed by atoms with Gasteiger partial charge in [-0.1, -0.05) is 25.4 Å². The molecule has 0 radical (unpaired) electrons. The number of nitrogens with one attached hydrogen (secondary N) is 1. The van der Waals surface area contributed by atoms with Crippen molar-refractivity contribution in [3.8, 4) is 11.4 Å². The molecule has 1 aromatic carbocycles. The molecule has 0 saturated carbocycles. The highest BCUT2D eigenvalue weighted by Gasteiger charge is 2.29. The number of aromatic nitrogens is 2. The molecular formula is C17H20ClN3O. The van der Waals surface area contributed by atoms with E-state index in [0.29, 0.717) is 22.0 Å². The van der Waals surface area contributed by atoms with E-state index in [9.17, 15) is 4.79 Å². The minimum absolute atomic E-state index is 0.0308. The van der Waals surface area contributed by atoms with Crippen LogP contribution in [0.15, 0.2) is 30.5 Å². The van der Waals surface area contributed by atoms with Gasteiger partial charge in [0.05, 0.1) is 6.20 Å². The number of hydrogen-bond acceptors (Lipinski definition) is 2. The summed E-state index contributed by atoms with van der Waals surface area (Å²) < 4.78 is 0. The van der Waals surface area contributed by atoms with Crippen molar-refractivity contribution in [1.82, 2.24) is 14.9 Å². The molecular weight excluding hydrogens is 298 g/mol. The quantitative estimate of drug-likeness (QED) is 0.910. The van der Waals surface area contributed by atoms with Crippen molar-refractivity contribution >= 4 is 17.5 Å². The molecule has 1 aliphatic rings. The van der Waals surface area contributed by atoms with Gasteiger partial charge in [-0.25, -0.2) is 4.98 Å². The Hall–Kier alpha value is -1.81. The topological polar surface area (TPSA) is 49.0 Å². The first-order valence-corrected chi connectivity index (χ1v) is 7.93. The average molecular weight is 318 g/mol. The normalized spacial score (nSPS) is 17.5. The first-order valence-electron chi connectivity index (χ1n) is 7.55. The van der Waals surface area contributed by atoms with Crippen LogP contribution in [0.5, 0.6) is 0 Å². The van der Waals surface area contributed by atoms with Gasteiger partial charge < -0.3 is 9.88 Å². The first kappa shape index (κ1) is 15.1. The van der Waals surface area contributed by atoms with Crippen LogP contribution in [0.3, 0.4) is 0 Å².